The van der Waals surface area contributed by atoms with Crippen LogP contribution >= 0.6 is 0 Å². The van der Waals surface area contributed by atoms with Crippen molar-refractivity contribution in [1.29, 1.82) is 0 Å². The number of likely N-dealkylation sites (N-methyl/N-ethyl adjacent to an activating group) is 1. The summed E-state index contributed by atoms with van der Waals surface area (Å²) in [5.74, 6) is 2.59. The fraction of sp³-hybridized carbons (Fsp3) is 0.706. The maximum Gasteiger partial charge on any atom is 0.319 e. The van der Waals surface area contributed by atoms with Gasteiger partial charge in [-0.05, 0) is 32.6 Å². The van der Waals surface area contributed by atoms with Crippen molar-refractivity contribution in [2.45, 2.75) is 44.6 Å². The van der Waals surface area contributed by atoms with Gasteiger partial charge in [0.25, 0.3) is 0 Å². The molecule has 1 aromatic rings. The Hall–Kier alpha value is -1.85. The molecular formula is C17H27N5O. The highest BCUT2D eigenvalue weighted by Crippen LogP contribution is 2.38. The predicted molar refractivity (Wildman–Crippen MR) is 90.8 cm³/mol. The molecule has 126 valence electrons. The second-order valence-electron chi connectivity index (χ2n) is 7.03. The largest absolute Gasteiger partial charge is 0.354 e. The Balaban J connectivity index is 1.74. The van der Waals surface area contributed by atoms with Crippen molar-refractivity contribution in [3.8, 4) is 0 Å². The molecule has 0 radical (unpaired) electrons. The van der Waals surface area contributed by atoms with E-state index >= 15 is 0 Å². The molecule has 1 aliphatic heterocycles. The third-order valence-corrected chi connectivity index (χ3v) is 4.75. The number of hydrogen-bond donors (Lipinski definition) is 0. The molecule has 0 spiro atoms. The smallest absolute Gasteiger partial charge is 0.319 e. The predicted octanol–water partition coefficient (Wildman–Crippen LogP) is 2.24. The van der Waals surface area contributed by atoms with Gasteiger partial charge >= 0.3 is 6.03 Å². The second-order valence-corrected chi connectivity index (χ2v) is 7.03. The molecule has 0 bridgehead atoms. The summed E-state index contributed by atoms with van der Waals surface area (Å²) in [5, 5.41) is 0. The van der Waals surface area contributed by atoms with Crippen molar-refractivity contribution >= 4 is 11.8 Å². The maximum atomic E-state index is 12.2. The number of rotatable bonds is 3. The first-order valence-corrected chi connectivity index (χ1v) is 8.50. The molecule has 23 heavy (non-hydrogen) atoms. The summed E-state index contributed by atoms with van der Waals surface area (Å²) >= 11 is 0. The average molecular weight is 317 g/mol. The lowest BCUT2D eigenvalue weighted by Gasteiger charge is -2.39. The van der Waals surface area contributed by atoms with Crippen molar-refractivity contribution in [3.63, 3.8) is 0 Å². The fourth-order valence-electron chi connectivity index (χ4n) is 3.21. The number of anilines is 1. The molecule has 0 N–H and O–H groups in total. The number of nitrogens with zero attached hydrogens (tertiary/aromatic N) is 5. The number of hydrogen-bond acceptors (Lipinski definition) is 4. The summed E-state index contributed by atoms with van der Waals surface area (Å²) in [5.41, 5.74) is 1.04. The highest BCUT2D eigenvalue weighted by molar-refractivity contribution is 5.74. The fourth-order valence-corrected chi connectivity index (χ4v) is 3.21. The van der Waals surface area contributed by atoms with Gasteiger partial charge in [-0.2, -0.15) is 0 Å². The summed E-state index contributed by atoms with van der Waals surface area (Å²) in [6.07, 6.45) is 4.56. The van der Waals surface area contributed by atoms with Gasteiger partial charge in [0.1, 0.15) is 11.6 Å². The van der Waals surface area contributed by atoms with E-state index in [0.717, 1.165) is 43.3 Å². The van der Waals surface area contributed by atoms with Gasteiger partial charge in [0.2, 0.25) is 0 Å². The van der Waals surface area contributed by atoms with Crippen LogP contribution < -0.4 is 4.90 Å². The lowest BCUT2D eigenvalue weighted by molar-refractivity contribution is 0.157. The first-order valence-electron chi connectivity index (χ1n) is 8.50. The van der Waals surface area contributed by atoms with Crippen LogP contribution in [0.25, 0.3) is 0 Å². The molecule has 2 aliphatic rings. The molecule has 0 aromatic carbocycles. The Morgan fingerprint density at radius 3 is 2.61 bits per heavy atom. The van der Waals surface area contributed by atoms with Crippen molar-refractivity contribution in [2.24, 2.45) is 0 Å². The number of carbonyl (C=O) groups is 1. The van der Waals surface area contributed by atoms with E-state index in [2.05, 4.69) is 16.0 Å². The molecule has 2 fully saturated rings. The lowest BCUT2D eigenvalue weighted by atomic mass is 10.0. The quantitative estimate of drug-likeness (QED) is 0.858. The Kier molecular flexibility index (Phi) is 4.41. The molecule has 1 unspecified atom stereocenters. The van der Waals surface area contributed by atoms with E-state index in [4.69, 9.17) is 4.98 Å². The Morgan fingerprint density at radius 2 is 1.96 bits per heavy atom. The number of aryl methyl sites for hydroxylation is 1. The Morgan fingerprint density at radius 1 is 1.22 bits per heavy atom. The van der Waals surface area contributed by atoms with Crippen LogP contribution in [0.4, 0.5) is 10.6 Å². The van der Waals surface area contributed by atoms with E-state index < -0.39 is 0 Å². The maximum absolute atomic E-state index is 12.2. The minimum Gasteiger partial charge on any atom is -0.354 e. The van der Waals surface area contributed by atoms with E-state index in [1.807, 2.05) is 18.9 Å². The number of carbonyl (C=O) groups excluding carboxylic acids is 1. The number of piperidine rings is 1. The molecule has 2 amide bonds. The normalized spacial score (nSPS) is 21.2. The molecule has 1 atom stereocenters. The van der Waals surface area contributed by atoms with Crippen molar-refractivity contribution in [1.82, 2.24) is 19.8 Å². The summed E-state index contributed by atoms with van der Waals surface area (Å²) in [6.45, 7) is 3.89. The van der Waals surface area contributed by atoms with Gasteiger partial charge in [0.05, 0.1) is 6.04 Å². The van der Waals surface area contributed by atoms with Crippen molar-refractivity contribution < 1.29 is 4.79 Å². The van der Waals surface area contributed by atoms with E-state index in [1.165, 1.54) is 12.8 Å². The SMILES string of the molecule is Cc1cc(N2CCCC(N(C)C(=O)N(C)C)C2)nc(C2CC2)n1. The van der Waals surface area contributed by atoms with E-state index in [-0.39, 0.29) is 12.1 Å². The van der Waals surface area contributed by atoms with E-state index in [1.54, 1.807) is 19.0 Å². The summed E-state index contributed by atoms with van der Waals surface area (Å²) in [6, 6.07) is 2.37. The van der Waals surface area contributed by atoms with Gasteiger partial charge in [-0.1, -0.05) is 0 Å². The van der Waals surface area contributed by atoms with Crippen LogP contribution in [-0.2, 0) is 0 Å². The van der Waals surface area contributed by atoms with Crippen LogP contribution in [-0.4, -0.2) is 66.1 Å². The van der Waals surface area contributed by atoms with Gasteiger partial charge < -0.3 is 14.7 Å². The molecule has 6 nitrogen and oxygen atoms in total. The molecule has 3 rings (SSSR count). The van der Waals surface area contributed by atoms with E-state index in [0.29, 0.717) is 5.92 Å². The minimum absolute atomic E-state index is 0.0642. The lowest BCUT2D eigenvalue weighted by Crippen LogP contribution is -2.51. The van der Waals surface area contributed by atoms with Crippen molar-refractivity contribution in [3.05, 3.63) is 17.6 Å². The minimum atomic E-state index is 0.0642. The monoisotopic (exact) mass is 317 g/mol. The summed E-state index contributed by atoms with van der Waals surface area (Å²) < 4.78 is 0. The average Bonchev–Trinajstić information content (AvgIpc) is 3.38. The van der Waals surface area contributed by atoms with Gasteiger partial charge in [0.15, 0.2) is 0 Å². The highest BCUT2D eigenvalue weighted by Gasteiger charge is 2.30. The molecule has 1 saturated carbocycles. The topological polar surface area (TPSA) is 52.6 Å². The first-order chi connectivity index (χ1) is 11.0. The summed E-state index contributed by atoms with van der Waals surface area (Å²) in [7, 11) is 5.50. The van der Waals surface area contributed by atoms with Crippen LogP contribution in [0.15, 0.2) is 6.07 Å². The highest BCUT2D eigenvalue weighted by atomic mass is 16.2. The van der Waals surface area contributed by atoms with Gasteiger partial charge in [-0.25, -0.2) is 14.8 Å². The van der Waals surface area contributed by atoms with Crippen LogP contribution in [0.2, 0.25) is 0 Å². The Bertz CT molecular complexity index is 584. The van der Waals surface area contributed by atoms with Gasteiger partial charge in [-0.15, -0.1) is 0 Å². The summed E-state index contributed by atoms with van der Waals surface area (Å²) in [4.78, 5) is 27.4. The standard InChI is InChI=1S/C17H27N5O/c1-12-10-15(19-16(18-12)13-7-8-13)22-9-5-6-14(11-22)21(4)17(23)20(2)3/h10,13-14H,5-9,11H2,1-4H3. The molecule has 1 aliphatic carbocycles. The zero-order chi connectivity index (χ0) is 16.6. The third-order valence-electron chi connectivity index (χ3n) is 4.75. The number of urea groups is 1. The Labute approximate surface area is 138 Å². The van der Waals surface area contributed by atoms with Gasteiger partial charge in [-0.3, -0.25) is 0 Å². The molecule has 6 heteroatoms. The molecule has 1 aromatic heterocycles. The number of aromatic nitrogens is 2. The number of amides is 2. The third kappa shape index (κ3) is 3.57. The van der Waals surface area contributed by atoms with Crippen LogP contribution in [0, 0.1) is 6.92 Å². The van der Waals surface area contributed by atoms with Crippen molar-refractivity contribution in [2.75, 3.05) is 39.1 Å². The second kappa shape index (κ2) is 6.34. The zero-order valence-electron chi connectivity index (χ0n) is 14.6. The molecular weight excluding hydrogens is 290 g/mol. The van der Waals surface area contributed by atoms with Crippen LogP contribution in [0.5, 0.6) is 0 Å². The molecule has 2 heterocycles. The molecule has 1 saturated heterocycles. The van der Waals surface area contributed by atoms with Crippen LogP contribution in [0.1, 0.15) is 43.1 Å². The zero-order valence-corrected chi connectivity index (χ0v) is 14.6. The van der Waals surface area contributed by atoms with E-state index in [9.17, 15) is 4.79 Å². The first kappa shape index (κ1) is 16.0. The van der Waals surface area contributed by atoms with Gasteiger partial charge in [0, 0.05) is 51.9 Å². The van der Waals surface area contributed by atoms with Crippen LogP contribution in [0.3, 0.4) is 0 Å².